The first kappa shape index (κ1) is 39.8. The molecule has 0 radical (unpaired) electrons. The van der Waals surface area contributed by atoms with Gasteiger partial charge < -0.3 is 24.8 Å². The molecule has 0 bridgehead atoms. The maximum Gasteiger partial charge on any atom is -0.109 e. The fourth-order valence-electron chi connectivity index (χ4n) is 7.08. The van der Waals surface area contributed by atoms with Crippen LogP contribution in [-0.4, -0.2) is 3.21 Å². The van der Waals surface area contributed by atoms with E-state index in [2.05, 4.69) is 159 Å². The van der Waals surface area contributed by atoms with Gasteiger partial charge in [-0.15, -0.1) is 46.2 Å². The van der Waals surface area contributed by atoms with E-state index in [0.717, 1.165) is 19.3 Å². The minimum absolute atomic E-state index is 0. The number of rotatable bonds is 2. The van der Waals surface area contributed by atoms with Crippen LogP contribution in [0.25, 0.3) is 32.7 Å². The van der Waals surface area contributed by atoms with Gasteiger partial charge in [-0.2, -0.15) is 6.08 Å². The van der Waals surface area contributed by atoms with Gasteiger partial charge in [-0.3, -0.25) is 6.08 Å². The normalized spacial score (nSPS) is 16.0. The molecule has 3 heteroatoms. The molecule has 256 valence electrons. The molecule has 0 saturated carbocycles. The van der Waals surface area contributed by atoms with Crippen molar-refractivity contribution in [3.05, 3.63) is 160 Å². The van der Waals surface area contributed by atoms with Crippen LogP contribution in [0.5, 0.6) is 0 Å². The molecule has 3 aliphatic carbocycles. The van der Waals surface area contributed by atoms with Gasteiger partial charge in [0, 0.05) is 0 Å². The van der Waals surface area contributed by atoms with Crippen LogP contribution in [0, 0.1) is 19.9 Å². The van der Waals surface area contributed by atoms with Gasteiger partial charge in [0.15, 0.2) is 0 Å². The van der Waals surface area contributed by atoms with Gasteiger partial charge in [-0.05, 0) is 59.8 Å². The number of hydrogen-bond donors (Lipinski definition) is 0. The molecule has 0 unspecified atom stereocenters. The van der Waals surface area contributed by atoms with Crippen molar-refractivity contribution in [3.8, 4) is 0 Å². The Morgan fingerprint density at radius 1 is 0.640 bits per heavy atom. The summed E-state index contributed by atoms with van der Waals surface area (Å²) in [5.41, 5.74) is 14.5. The topological polar surface area (TPSA) is 0 Å². The molecular weight excluding hydrogens is 727 g/mol. The summed E-state index contributed by atoms with van der Waals surface area (Å²) in [6, 6.07) is 29.8. The van der Waals surface area contributed by atoms with Crippen LogP contribution in [0.3, 0.4) is 0 Å². The predicted octanol–water partition coefficient (Wildman–Crippen LogP) is 6.61. The summed E-state index contributed by atoms with van der Waals surface area (Å²) in [6.45, 7) is 18.3. The van der Waals surface area contributed by atoms with Crippen LogP contribution in [-0.2, 0) is 35.1 Å². The molecule has 0 saturated heterocycles. The maximum atomic E-state index is 2.99. The van der Waals surface area contributed by atoms with Gasteiger partial charge in [0.1, 0.15) is 0 Å². The van der Waals surface area contributed by atoms with E-state index in [1.807, 2.05) is 12.2 Å². The van der Waals surface area contributed by atoms with Gasteiger partial charge in [-0.1, -0.05) is 63.1 Å². The van der Waals surface area contributed by atoms with Crippen molar-refractivity contribution in [3.63, 3.8) is 0 Å². The summed E-state index contributed by atoms with van der Waals surface area (Å²) < 4.78 is 1.42. The third kappa shape index (κ3) is 8.39. The Morgan fingerprint density at radius 3 is 1.40 bits per heavy atom. The van der Waals surface area contributed by atoms with Crippen LogP contribution >= 0.6 is 0 Å². The average Bonchev–Trinajstić information content (AvgIpc) is 3.77. The molecule has 0 spiro atoms. The number of hydrogen-bond acceptors (Lipinski definition) is 0. The third-order valence-corrected chi connectivity index (χ3v) is 11.8. The minimum atomic E-state index is 0. The maximum absolute atomic E-state index is 2.99. The quantitative estimate of drug-likeness (QED) is 0.177. The molecule has 0 heterocycles. The summed E-state index contributed by atoms with van der Waals surface area (Å²) in [5.74, 6) is 0. The smallest absolute Gasteiger partial charge is 0.109 e. The van der Waals surface area contributed by atoms with Crippen LogP contribution in [0.4, 0.5) is 0 Å². The molecule has 5 aromatic carbocycles. The summed E-state index contributed by atoms with van der Waals surface area (Å²) in [5, 5.41) is 5.61. The van der Waals surface area contributed by atoms with Crippen molar-refractivity contribution in [2.75, 3.05) is 0 Å². The van der Waals surface area contributed by atoms with E-state index in [1.165, 1.54) is 105 Å². The van der Waals surface area contributed by atoms with E-state index in [1.54, 1.807) is 0 Å². The average molecular weight is 775 g/mol. The predicted molar refractivity (Wildman–Crippen MR) is 207 cm³/mol. The molecule has 0 aromatic heterocycles. The largest absolute Gasteiger partial charge is 1.00 e. The summed E-state index contributed by atoms with van der Waals surface area (Å²) in [6.07, 6.45) is 17.1. The molecule has 5 aromatic rings. The van der Waals surface area contributed by atoms with E-state index in [4.69, 9.17) is 0 Å². The van der Waals surface area contributed by atoms with E-state index in [9.17, 15) is 0 Å². The van der Waals surface area contributed by atoms with E-state index < -0.39 is 0 Å². The molecule has 0 N–H and O–H groups in total. The first-order valence-electron chi connectivity index (χ1n) is 17.3. The van der Waals surface area contributed by atoms with Crippen molar-refractivity contribution in [2.24, 2.45) is 0 Å². The van der Waals surface area contributed by atoms with Crippen LogP contribution in [0.15, 0.2) is 109 Å². The molecule has 0 fully saturated rings. The van der Waals surface area contributed by atoms with Gasteiger partial charge in [0.25, 0.3) is 0 Å². The Morgan fingerprint density at radius 2 is 1.06 bits per heavy atom. The van der Waals surface area contributed by atoms with Crippen molar-refractivity contribution >= 4 is 35.9 Å². The van der Waals surface area contributed by atoms with Gasteiger partial charge in [-0.25, -0.2) is 12.2 Å². The fourth-order valence-corrected chi connectivity index (χ4v) is 7.90. The SMILES string of the molecule is CC1=CCC(C)(C)c2cc3[cH-]c4cc5c(cc4c3cc21)C(C)=CCC5(C)C.Cc1ccc([C](=[Zr+2])c2ccc(C)cc2)cc1.[C-]1=CC=CC1.[Cl-].[Cl-]. The van der Waals surface area contributed by atoms with Gasteiger partial charge >= 0.3 is 112 Å². The van der Waals surface area contributed by atoms with Crippen molar-refractivity contribution in [1.29, 1.82) is 0 Å². The standard InChI is InChI=1S/C27H29.C15H14.C5H5.2ClH.Zr/c1-16-7-9-26(3,4)24-12-18-11-19-13-25-21(17(2)8-10-27(25,5)6)15-23(19)22(18)14-20(16)24;1-12-3-7-14(8-4-12)11-15-9-5-13(2)6-10-15;1-2-4-5-3-1;;;/h7-8,11-15H,9-10H2,1-6H3;3-10H,1-2H3;1-3H,4H2;2*1H;/q-1;;-1;;;+2/p-2. The molecule has 0 atom stereocenters. The zero-order chi connectivity index (χ0) is 34.2. The van der Waals surface area contributed by atoms with Gasteiger partial charge in [0.2, 0.25) is 0 Å². The van der Waals surface area contributed by atoms with Crippen molar-refractivity contribution in [2.45, 2.75) is 85.5 Å². The molecule has 50 heavy (non-hydrogen) atoms. The molecule has 0 amide bonds. The number of halogens is 2. The second-order valence-corrected chi connectivity index (χ2v) is 16.4. The summed E-state index contributed by atoms with van der Waals surface area (Å²) in [4.78, 5) is 0. The summed E-state index contributed by atoms with van der Waals surface area (Å²) in [7, 11) is 0. The Balaban J connectivity index is 0.000000208. The number of aryl methyl sites for hydroxylation is 2. The van der Waals surface area contributed by atoms with Gasteiger partial charge in [0.05, 0.1) is 0 Å². The van der Waals surface area contributed by atoms with Crippen LogP contribution in [0.1, 0.15) is 105 Å². The fraction of sp³-hybridized carbons (Fsp3) is 0.277. The Labute approximate surface area is 328 Å². The number of fused-ring (bicyclic) bond motifs is 5. The molecule has 8 rings (SSSR count). The zero-order valence-corrected chi connectivity index (χ0v) is 34.7. The Kier molecular flexibility index (Phi) is 12.9. The van der Waals surface area contributed by atoms with Crippen LogP contribution in [0.2, 0.25) is 0 Å². The van der Waals surface area contributed by atoms with Crippen molar-refractivity contribution < 1.29 is 49.0 Å². The molecule has 0 nitrogen and oxygen atoms in total. The number of allylic oxidation sites excluding steroid dienone is 8. The van der Waals surface area contributed by atoms with Crippen molar-refractivity contribution in [1.82, 2.24) is 0 Å². The van der Waals surface area contributed by atoms with Crippen LogP contribution < -0.4 is 24.8 Å². The molecule has 0 aliphatic heterocycles. The minimum Gasteiger partial charge on any atom is -1.00 e. The second-order valence-electron chi connectivity index (χ2n) is 15.2. The Hall–Kier alpha value is -2.96. The first-order valence-corrected chi connectivity index (χ1v) is 18.6. The summed E-state index contributed by atoms with van der Waals surface area (Å²) >= 11 is 1.46. The molecule has 3 aliphatic rings. The third-order valence-electron chi connectivity index (χ3n) is 10.4. The van der Waals surface area contributed by atoms with E-state index >= 15 is 0 Å². The Bertz CT molecular complexity index is 1980. The second kappa shape index (κ2) is 16.2. The zero-order valence-electron chi connectivity index (χ0n) is 30.8. The molecular formula is C47H48Cl2Zr-2. The van der Waals surface area contributed by atoms with E-state index in [-0.39, 0.29) is 35.6 Å². The first-order chi connectivity index (χ1) is 22.8. The number of benzene rings is 4. The monoisotopic (exact) mass is 772 g/mol. The van der Waals surface area contributed by atoms with E-state index in [0.29, 0.717) is 0 Å².